The Kier molecular flexibility index (Phi) is 4.14. The second-order valence-electron chi connectivity index (χ2n) is 6.92. The molecule has 1 saturated heterocycles. The molecule has 4 nitrogen and oxygen atoms in total. The van der Waals surface area contributed by atoms with Gasteiger partial charge in [0, 0.05) is 49.3 Å². The van der Waals surface area contributed by atoms with Gasteiger partial charge in [-0.2, -0.15) is 17.6 Å². The van der Waals surface area contributed by atoms with Crippen LogP contribution >= 0.6 is 0 Å². The highest BCUT2D eigenvalue weighted by molar-refractivity contribution is 5.60. The van der Waals surface area contributed by atoms with Crippen molar-refractivity contribution in [1.82, 2.24) is 9.88 Å². The lowest BCUT2D eigenvalue weighted by Gasteiger charge is -2.29. The first-order valence-corrected chi connectivity index (χ1v) is 9.02. The van der Waals surface area contributed by atoms with Gasteiger partial charge < -0.3 is 19.5 Å². The number of anilines is 1. The summed E-state index contributed by atoms with van der Waals surface area (Å²) in [6.45, 7) is 7.48. The van der Waals surface area contributed by atoms with Gasteiger partial charge >= 0.3 is 12.0 Å². The van der Waals surface area contributed by atoms with Gasteiger partial charge in [0.15, 0.2) is 0 Å². The normalized spacial score (nSPS) is 20.4. The second-order valence-corrected chi connectivity index (χ2v) is 6.92. The Hall–Kier alpha value is -2.22. The lowest BCUT2D eigenvalue weighted by atomic mass is 10.1. The number of benzene rings is 1. The number of alkyl halides is 4. The maximum atomic E-state index is 13.8. The van der Waals surface area contributed by atoms with E-state index >= 15 is 0 Å². The fourth-order valence-electron chi connectivity index (χ4n) is 3.90. The fraction of sp³-hybridized carbons (Fsp3) is 0.474. The van der Waals surface area contributed by atoms with Gasteiger partial charge in [-0.05, 0) is 31.5 Å². The predicted octanol–water partition coefficient (Wildman–Crippen LogP) is 3.83. The molecule has 146 valence electrons. The molecule has 1 aromatic heterocycles. The van der Waals surface area contributed by atoms with E-state index in [-0.39, 0.29) is 0 Å². The predicted molar refractivity (Wildman–Crippen MR) is 94.4 cm³/mol. The summed E-state index contributed by atoms with van der Waals surface area (Å²) in [6.07, 6.45) is -3.81. The molecule has 0 unspecified atom stereocenters. The summed E-state index contributed by atoms with van der Waals surface area (Å²) in [6, 6.07) is 5.82. The van der Waals surface area contributed by atoms with Crippen LogP contribution in [-0.2, 0) is 12.3 Å². The third-order valence-corrected chi connectivity index (χ3v) is 5.22. The molecule has 2 aliphatic rings. The third kappa shape index (κ3) is 2.69. The van der Waals surface area contributed by atoms with E-state index in [1.54, 1.807) is 0 Å². The molecule has 2 aliphatic heterocycles. The molecular weight excluding hydrogens is 362 g/mol. The number of aromatic nitrogens is 1. The lowest BCUT2D eigenvalue weighted by Crippen LogP contribution is -2.43. The van der Waals surface area contributed by atoms with Crippen LogP contribution in [0.2, 0.25) is 0 Å². The van der Waals surface area contributed by atoms with Crippen LogP contribution < -0.4 is 15.0 Å². The van der Waals surface area contributed by atoms with Gasteiger partial charge in [-0.3, -0.25) is 0 Å². The Morgan fingerprint density at radius 1 is 1.11 bits per heavy atom. The topological polar surface area (TPSA) is 29.4 Å². The summed E-state index contributed by atoms with van der Waals surface area (Å²) >= 11 is 0. The van der Waals surface area contributed by atoms with Gasteiger partial charge in [0.25, 0.3) is 0 Å². The molecule has 27 heavy (non-hydrogen) atoms. The van der Waals surface area contributed by atoms with Crippen molar-refractivity contribution in [2.24, 2.45) is 0 Å². The molecule has 4 rings (SSSR count). The molecule has 0 radical (unpaired) electrons. The average molecular weight is 383 g/mol. The minimum Gasteiger partial charge on any atom is -0.427 e. The molecule has 0 bridgehead atoms. The third-order valence-electron chi connectivity index (χ3n) is 5.22. The number of halogens is 4. The highest BCUT2D eigenvalue weighted by atomic mass is 19.3. The summed E-state index contributed by atoms with van der Waals surface area (Å²) in [4.78, 5) is 2.28. The van der Waals surface area contributed by atoms with E-state index in [1.165, 1.54) is 12.1 Å². The first kappa shape index (κ1) is 18.2. The number of ether oxygens (including phenoxy) is 1. The maximum Gasteiger partial charge on any atom is 0.469 e. The van der Waals surface area contributed by atoms with Crippen molar-refractivity contribution in [2.75, 3.05) is 31.1 Å². The van der Waals surface area contributed by atoms with Crippen LogP contribution in [0.3, 0.4) is 0 Å². The minimum absolute atomic E-state index is 0.471. The largest absolute Gasteiger partial charge is 0.469 e. The number of nitrogens with zero attached hydrogens (tertiary/aromatic N) is 2. The van der Waals surface area contributed by atoms with E-state index < -0.39 is 23.3 Å². The zero-order valence-electron chi connectivity index (χ0n) is 15.2. The number of hydrogen-bond donors (Lipinski definition) is 1. The van der Waals surface area contributed by atoms with E-state index in [1.807, 2.05) is 18.4 Å². The van der Waals surface area contributed by atoms with Crippen molar-refractivity contribution >= 4 is 5.69 Å². The van der Waals surface area contributed by atoms with E-state index in [9.17, 15) is 17.6 Å². The van der Waals surface area contributed by atoms with Gasteiger partial charge in [0.05, 0.1) is 11.3 Å². The Bertz CT molecular complexity index is 872. The molecule has 0 spiro atoms. The summed E-state index contributed by atoms with van der Waals surface area (Å²) < 4.78 is 60.9. The van der Waals surface area contributed by atoms with Crippen LogP contribution in [0.5, 0.6) is 5.75 Å². The summed E-state index contributed by atoms with van der Waals surface area (Å²) in [5.41, 5.74) is 2.79. The van der Waals surface area contributed by atoms with Crippen molar-refractivity contribution in [3.05, 3.63) is 41.2 Å². The summed E-state index contributed by atoms with van der Waals surface area (Å²) in [5.74, 6) is -4.80. The molecule has 1 fully saturated rings. The SMILES string of the molecule is CCc1c(N2CCNCC2)cc(C)n1-c1ccc2c(c1)OC(F)(F)C2(F)F. The van der Waals surface area contributed by atoms with Gasteiger partial charge in [0.2, 0.25) is 0 Å². The maximum absolute atomic E-state index is 13.8. The molecule has 2 aromatic rings. The molecule has 0 atom stereocenters. The highest BCUT2D eigenvalue weighted by Gasteiger charge is 2.66. The number of hydrogen-bond acceptors (Lipinski definition) is 3. The molecule has 1 N–H and O–H groups in total. The van der Waals surface area contributed by atoms with Gasteiger partial charge in [-0.1, -0.05) is 6.92 Å². The number of rotatable bonds is 3. The zero-order valence-corrected chi connectivity index (χ0v) is 15.2. The van der Waals surface area contributed by atoms with Crippen LogP contribution in [0, 0.1) is 6.92 Å². The number of aryl methyl sites for hydroxylation is 1. The van der Waals surface area contributed by atoms with E-state index in [0.717, 1.165) is 55.7 Å². The van der Waals surface area contributed by atoms with E-state index in [4.69, 9.17) is 0 Å². The first-order chi connectivity index (χ1) is 12.8. The average Bonchev–Trinajstić information content (AvgIpc) is 3.06. The van der Waals surface area contributed by atoms with E-state index in [0.29, 0.717) is 5.69 Å². The highest BCUT2D eigenvalue weighted by Crippen LogP contribution is 2.53. The Morgan fingerprint density at radius 2 is 1.81 bits per heavy atom. The van der Waals surface area contributed by atoms with Crippen LogP contribution in [0.1, 0.15) is 23.9 Å². The molecule has 0 saturated carbocycles. The summed E-state index contributed by atoms with van der Waals surface area (Å²) in [7, 11) is 0. The fourth-order valence-corrected chi connectivity index (χ4v) is 3.90. The zero-order chi connectivity index (χ0) is 19.4. The minimum atomic E-state index is -4.53. The summed E-state index contributed by atoms with van der Waals surface area (Å²) in [5, 5.41) is 3.31. The van der Waals surface area contributed by atoms with Crippen molar-refractivity contribution in [2.45, 2.75) is 32.3 Å². The van der Waals surface area contributed by atoms with E-state index in [2.05, 4.69) is 21.0 Å². The molecule has 8 heteroatoms. The Labute approximate surface area is 154 Å². The Morgan fingerprint density at radius 3 is 2.48 bits per heavy atom. The number of fused-ring (bicyclic) bond motifs is 1. The van der Waals surface area contributed by atoms with Crippen molar-refractivity contribution in [3.8, 4) is 11.4 Å². The molecule has 0 aliphatic carbocycles. The van der Waals surface area contributed by atoms with Crippen molar-refractivity contribution < 1.29 is 22.3 Å². The molecule has 1 aromatic carbocycles. The second kappa shape index (κ2) is 6.15. The first-order valence-electron chi connectivity index (χ1n) is 9.02. The molecule has 3 heterocycles. The van der Waals surface area contributed by atoms with Crippen molar-refractivity contribution in [1.29, 1.82) is 0 Å². The number of piperazine rings is 1. The smallest absolute Gasteiger partial charge is 0.427 e. The molecule has 0 amide bonds. The van der Waals surface area contributed by atoms with Gasteiger partial charge in [-0.15, -0.1) is 0 Å². The quantitative estimate of drug-likeness (QED) is 0.817. The molecular formula is C19H21F4N3O. The van der Waals surface area contributed by atoms with Crippen LogP contribution in [0.15, 0.2) is 24.3 Å². The standard InChI is InChI=1S/C19H21F4N3O/c1-3-15-16(25-8-6-24-7-9-25)10-12(2)26(15)13-4-5-14-17(11-13)27-19(22,23)18(14,20)21/h4-5,10-11,24H,3,6-9H2,1-2H3. The van der Waals surface area contributed by atoms with Gasteiger partial charge in [-0.25, -0.2) is 0 Å². The van der Waals surface area contributed by atoms with Crippen LogP contribution in [0.4, 0.5) is 23.2 Å². The number of nitrogens with one attached hydrogen (secondary N) is 1. The van der Waals surface area contributed by atoms with Crippen molar-refractivity contribution in [3.63, 3.8) is 0 Å². The van der Waals surface area contributed by atoms with Crippen LogP contribution in [-0.4, -0.2) is 36.9 Å². The van der Waals surface area contributed by atoms with Crippen LogP contribution in [0.25, 0.3) is 5.69 Å². The van der Waals surface area contributed by atoms with Gasteiger partial charge in [0.1, 0.15) is 5.75 Å². The monoisotopic (exact) mass is 383 g/mol. The lowest BCUT2D eigenvalue weighted by molar-refractivity contribution is -0.296. The Balaban J connectivity index is 1.78.